The Bertz CT molecular complexity index is 534. The first kappa shape index (κ1) is 11.6. The van der Waals surface area contributed by atoms with Crippen LogP contribution in [0.4, 0.5) is 13.2 Å². The summed E-state index contributed by atoms with van der Waals surface area (Å²) in [6.07, 6.45) is 0. The zero-order valence-corrected chi connectivity index (χ0v) is 8.58. The van der Waals surface area contributed by atoms with Crippen molar-refractivity contribution in [1.82, 2.24) is 0 Å². The molecule has 0 fully saturated rings. The van der Waals surface area contributed by atoms with Gasteiger partial charge >= 0.3 is 0 Å². The van der Waals surface area contributed by atoms with Crippen LogP contribution in [0, 0.1) is 17.5 Å². The van der Waals surface area contributed by atoms with E-state index in [1.54, 1.807) is 0 Å². The van der Waals surface area contributed by atoms with Crippen LogP contribution in [-0.4, -0.2) is 7.85 Å². The van der Waals surface area contributed by atoms with Crippen LogP contribution in [0.25, 0.3) is 0 Å². The minimum Gasteiger partial charge on any atom is -0.457 e. The molecule has 0 aliphatic heterocycles. The van der Waals surface area contributed by atoms with Crippen molar-refractivity contribution in [3.63, 3.8) is 0 Å². The Balaban J connectivity index is 2.31. The number of halogens is 3. The highest BCUT2D eigenvalue weighted by Gasteiger charge is 2.08. The van der Waals surface area contributed by atoms with Gasteiger partial charge in [0.05, 0.1) is 0 Å². The molecule has 0 bridgehead atoms. The van der Waals surface area contributed by atoms with Crippen molar-refractivity contribution in [3.05, 3.63) is 53.8 Å². The Labute approximate surface area is 97.3 Å². The molecule has 0 aromatic heterocycles. The standard InChI is InChI=1S/C12H6BF3O/c13-12-10(15)5-9(6-11(12)16)17-8-3-1-2-7(14)4-8/h1-6H. The van der Waals surface area contributed by atoms with Gasteiger partial charge in [0.2, 0.25) is 0 Å². The fraction of sp³-hybridized carbons (Fsp3) is 0. The van der Waals surface area contributed by atoms with Crippen molar-refractivity contribution < 1.29 is 17.9 Å². The Morgan fingerprint density at radius 2 is 1.53 bits per heavy atom. The van der Waals surface area contributed by atoms with Gasteiger partial charge in [0.1, 0.15) is 36.8 Å². The lowest BCUT2D eigenvalue weighted by molar-refractivity contribution is 0.465. The van der Waals surface area contributed by atoms with Crippen LogP contribution in [-0.2, 0) is 0 Å². The molecule has 0 N–H and O–H groups in total. The zero-order chi connectivity index (χ0) is 12.4. The van der Waals surface area contributed by atoms with Crippen molar-refractivity contribution >= 4 is 13.3 Å². The number of ether oxygens (including phenoxy) is 1. The Kier molecular flexibility index (Phi) is 3.09. The molecule has 2 rings (SSSR count). The van der Waals surface area contributed by atoms with Crippen LogP contribution < -0.4 is 10.2 Å². The van der Waals surface area contributed by atoms with E-state index in [0.717, 1.165) is 18.2 Å². The molecule has 2 aromatic carbocycles. The average molecular weight is 234 g/mol. The molecule has 0 saturated heterocycles. The van der Waals surface area contributed by atoms with Gasteiger partial charge in [-0.05, 0) is 17.6 Å². The van der Waals surface area contributed by atoms with E-state index in [9.17, 15) is 13.2 Å². The molecule has 5 heteroatoms. The largest absolute Gasteiger partial charge is 0.457 e. The van der Waals surface area contributed by atoms with Crippen LogP contribution in [0.2, 0.25) is 0 Å². The maximum Gasteiger partial charge on any atom is 0.133 e. The molecule has 0 aliphatic rings. The first-order chi connectivity index (χ1) is 8.06. The third-order valence-corrected chi connectivity index (χ3v) is 2.08. The van der Waals surface area contributed by atoms with Crippen LogP contribution in [0.3, 0.4) is 0 Å². The first-order valence-corrected chi connectivity index (χ1v) is 4.74. The molecule has 0 aliphatic carbocycles. The van der Waals surface area contributed by atoms with E-state index in [1.807, 2.05) is 0 Å². The highest BCUT2D eigenvalue weighted by Crippen LogP contribution is 2.22. The summed E-state index contributed by atoms with van der Waals surface area (Å²) in [5.41, 5.74) is -0.573. The summed E-state index contributed by atoms with van der Waals surface area (Å²) < 4.78 is 44.2. The Morgan fingerprint density at radius 1 is 0.882 bits per heavy atom. The fourth-order valence-corrected chi connectivity index (χ4v) is 1.29. The molecule has 84 valence electrons. The van der Waals surface area contributed by atoms with Crippen LogP contribution >= 0.6 is 0 Å². The highest BCUT2D eigenvalue weighted by atomic mass is 19.1. The molecule has 0 spiro atoms. The van der Waals surface area contributed by atoms with E-state index in [1.165, 1.54) is 18.2 Å². The summed E-state index contributed by atoms with van der Waals surface area (Å²) in [4.78, 5) is 0. The van der Waals surface area contributed by atoms with E-state index in [0.29, 0.717) is 0 Å². The van der Waals surface area contributed by atoms with Gasteiger partial charge in [-0.2, -0.15) is 0 Å². The number of hydrogen-bond donors (Lipinski definition) is 0. The summed E-state index contributed by atoms with van der Waals surface area (Å²) in [6.45, 7) is 0. The minimum atomic E-state index is -0.920. The van der Waals surface area contributed by atoms with Crippen molar-refractivity contribution in [2.75, 3.05) is 0 Å². The van der Waals surface area contributed by atoms with Crippen LogP contribution in [0.15, 0.2) is 36.4 Å². The van der Waals surface area contributed by atoms with Crippen molar-refractivity contribution in [2.24, 2.45) is 0 Å². The monoisotopic (exact) mass is 234 g/mol. The third kappa shape index (κ3) is 2.61. The fourth-order valence-electron chi connectivity index (χ4n) is 1.29. The zero-order valence-electron chi connectivity index (χ0n) is 8.58. The van der Waals surface area contributed by atoms with E-state index in [-0.39, 0.29) is 11.5 Å². The molecule has 1 nitrogen and oxygen atoms in total. The second kappa shape index (κ2) is 4.53. The highest BCUT2D eigenvalue weighted by molar-refractivity contribution is 6.32. The van der Waals surface area contributed by atoms with E-state index in [2.05, 4.69) is 0 Å². The summed E-state index contributed by atoms with van der Waals surface area (Å²) in [5, 5.41) is 0. The summed E-state index contributed by atoms with van der Waals surface area (Å²) in [7, 11) is 5.10. The average Bonchev–Trinajstić information content (AvgIpc) is 2.26. The van der Waals surface area contributed by atoms with Gasteiger partial charge in [0.15, 0.2) is 0 Å². The van der Waals surface area contributed by atoms with Crippen LogP contribution in [0.1, 0.15) is 0 Å². The van der Waals surface area contributed by atoms with E-state index in [4.69, 9.17) is 12.6 Å². The lowest BCUT2D eigenvalue weighted by Crippen LogP contribution is -2.13. The van der Waals surface area contributed by atoms with Crippen molar-refractivity contribution in [3.8, 4) is 11.5 Å². The predicted octanol–water partition coefficient (Wildman–Crippen LogP) is 2.69. The molecule has 17 heavy (non-hydrogen) atoms. The predicted molar refractivity (Wildman–Crippen MR) is 58.2 cm³/mol. The second-order valence-corrected chi connectivity index (χ2v) is 3.36. The lowest BCUT2D eigenvalue weighted by atomic mass is 9.95. The topological polar surface area (TPSA) is 9.23 Å². The van der Waals surface area contributed by atoms with Gasteiger partial charge in [0.25, 0.3) is 0 Å². The second-order valence-electron chi connectivity index (χ2n) is 3.36. The summed E-state index contributed by atoms with van der Waals surface area (Å²) >= 11 is 0. The van der Waals surface area contributed by atoms with Gasteiger partial charge in [-0.1, -0.05) is 6.07 Å². The molecule has 0 heterocycles. The van der Waals surface area contributed by atoms with Gasteiger partial charge in [-0.3, -0.25) is 0 Å². The lowest BCUT2D eigenvalue weighted by Gasteiger charge is -2.07. The smallest absolute Gasteiger partial charge is 0.133 e. The molecule has 0 saturated carbocycles. The Morgan fingerprint density at radius 3 is 2.12 bits per heavy atom. The number of rotatable bonds is 2. The molecule has 0 unspecified atom stereocenters. The number of benzene rings is 2. The Hall–Kier alpha value is -1.91. The molecular weight excluding hydrogens is 228 g/mol. The van der Waals surface area contributed by atoms with Crippen LogP contribution in [0.5, 0.6) is 11.5 Å². The van der Waals surface area contributed by atoms with Crippen molar-refractivity contribution in [2.45, 2.75) is 0 Å². The molecule has 0 atom stereocenters. The van der Waals surface area contributed by atoms with E-state index < -0.39 is 22.9 Å². The number of hydrogen-bond acceptors (Lipinski definition) is 1. The third-order valence-electron chi connectivity index (χ3n) is 2.08. The van der Waals surface area contributed by atoms with Gasteiger partial charge in [0, 0.05) is 18.2 Å². The van der Waals surface area contributed by atoms with Crippen molar-refractivity contribution in [1.29, 1.82) is 0 Å². The normalized spacial score (nSPS) is 10.3. The summed E-state index contributed by atoms with van der Waals surface area (Å²) in [5.74, 6) is -2.28. The molecule has 2 aromatic rings. The maximum absolute atomic E-state index is 13.1. The van der Waals surface area contributed by atoms with Gasteiger partial charge in [-0.15, -0.1) is 0 Å². The molecular formula is C12H6BF3O. The van der Waals surface area contributed by atoms with E-state index >= 15 is 0 Å². The SMILES string of the molecule is [B]c1c(F)cc(Oc2cccc(F)c2)cc1F. The molecule has 0 amide bonds. The van der Waals surface area contributed by atoms with Gasteiger partial charge < -0.3 is 4.74 Å². The maximum atomic E-state index is 13.1. The quantitative estimate of drug-likeness (QED) is 0.726. The minimum absolute atomic E-state index is 0.0835. The van der Waals surface area contributed by atoms with Gasteiger partial charge in [-0.25, -0.2) is 13.2 Å². The molecule has 2 radical (unpaired) electrons. The first-order valence-electron chi connectivity index (χ1n) is 4.74. The summed E-state index contributed by atoms with van der Waals surface area (Å²) in [6, 6.07) is 7.10.